The summed E-state index contributed by atoms with van der Waals surface area (Å²) in [4.78, 5) is 9.53. The minimum Gasteiger partial charge on any atom is -0.314 e. The van der Waals surface area contributed by atoms with Crippen molar-refractivity contribution in [3.05, 3.63) is 47.8 Å². The Morgan fingerprint density at radius 3 is 1.26 bits per heavy atom. The zero-order valence-electron chi connectivity index (χ0n) is 15.9. The molecule has 3 rings (SSSR count). The molecule has 0 aliphatic carbocycles. The quantitative estimate of drug-likeness (QED) is 0.450. The topological polar surface area (TPSA) is 85.9 Å². The average molecular weight is 370 g/mol. The minimum atomic E-state index is 0.765. The third-order valence-electron chi connectivity index (χ3n) is 4.40. The van der Waals surface area contributed by atoms with Crippen molar-refractivity contribution in [1.82, 2.24) is 36.6 Å². The third-order valence-corrected chi connectivity index (χ3v) is 4.40. The van der Waals surface area contributed by atoms with E-state index < -0.39 is 0 Å². The molecule has 0 amide bonds. The number of hydrogen-bond acceptors (Lipinski definition) is 7. The van der Waals surface area contributed by atoms with Crippen LogP contribution in [0.25, 0.3) is 11.4 Å². The second-order valence-electron chi connectivity index (χ2n) is 6.63. The van der Waals surface area contributed by atoms with Gasteiger partial charge in [0.15, 0.2) is 0 Å². The lowest BCUT2D eigenvalue weighted by molar-refractivity contribution is 0.555. The van der Waals surface area contributed by atoms with Crippen molar-refractivity contribution in [3.63, 3.8) is 0 Å². The molecule has 2 aromatic rings. The van der Waals surface area contributed by atoms with Crippen LogP contribution in [0.15, 0.2) is 36.4 Å². The molecule has 0 radical (unpaired) electrons. The summed E-state index contributed by atoms with van der Waals surface area (Å²) >= 11 is 0. The molecule has 4 bridgehead atoms. The van der Waals surface area contributed by atoms with Gasteiger partial charge in [-0.2, -0.15) is 0 Å². The predicted octanol–water partition coefficient (Wildman–Crippen LogP) is 0.105. The summed E-state index contributed by atoms with van der Waals surface area (Å²) in [6, 6.07) is 12.3. The molecule has 0 saturated carbocycles. The second-order valence-corrected chi connectivity index (χ2v) is 6.63. The number of fused-ring (bicyclic) bond motifs is 5. The van der Waals surface area contributed by atoms with Gasteiger partial charge in [-0.05, 0) is 24.3 Å². The van der Waals surface area contributed by atoms with Crippen LogP contribution >= 0.6 is 0 Å². The Hall–Kier alpha value is -1.90. The molecular weight excluding hydrogens is 338 g/mol. The van der Waals surface area contributed by atoms with E-state index in [-0.39, 0.29) is 0 Å². The molecule has 1 aliphatic heterocycles. The number of nitrogens with zero attached hydrogens (tertiary/aromatic N) is 2. The van der Waals surface area contributed by atoms with Crippen molar-refractivity contribution in [2.45, 2.75) is 13.1 Å². The number of pyridine rings is 2. The molecule has 0 spiro atoms. The molecule has 2 aromatic heterocycles. The van der Waals surface area contributed by atoms with Crippen molar-refractivity contribution < 1.29 is 0 Å². The van der Waals surface area contributed by atoms with Crippen LogP contribution in [0.2, 0.25) is 0 Å². The maximum Gasteiger partial charge on any atom is 0.0890 e. The average Bonchev–Trinajstić information content (AvgIpc) is 2.71. The van der Waals surface area contributed by atoms with E-state index in [0.29, 0.717) is 0 Å². The molecule has 5 N–H and O–H groups in total. The Kier molecular flexibility index (Phi) is 8.63. The van der Waals surface area contributed by atoms with E-state index in [1.54, 1.807) is 0 Å². The van der Waals surface area contributed by atoms with Gasteiger partial charge < -0.3 is 26.6 Å². The van der Waals surface area contributed by atoms with Crippen LogP contribution in [0.4, 0.5) is 0 Å². The summed E-state index contributed by atoms with van der Waals surface area (Å²) in [5.41, 5.74) is 3.92. The van der Waals surface area contributed by atoms with Gasteiger partial charge in [0, 0.05) is 65.4 Å². The fourth-order valence-corrected chi connectivity index (χ4v) is 2.96. The van der Waals surface area contributed by atoms with Gasteiger partial charge in [0.25, 0.3) is 0 Å². The Bertz CT molecular complexity index is 619. The SMILES string of the molecule is c1cc2nc(c1)-c1cccc(n1)CNCCNCCNCCNCCNC2. The second kappa shape index (κ2) is 11.7. The fraction of sp³-hybridized carbons (Fsp3) is 0.500. The lowest BCUT2D eigenvalue weighted by Crippen LogP contribution is -2.36. The Balaban J connectivity index is 1.63. The summed E-state index contributed by atoms with van der Waals surface area (Å²) in [6.07, 6.45) is 0. The lowest BCUT2D eigenvalue weighted by atomic mass is 10.2. The highest BCUT2D eigenvalue weighted by molar-refractivity contribution is 5.54. The van der Waals surface area contributed by atoms with E-state index in [9.17, 15) is 0 Å². The van der Waals surface area contributed by atoms with E-state index in [2.05, 4.69) is 50.8 Å². The van der Waals surface area contributed by atoms with E-state index in [0.717, 1.165) is 88.2 Å². The summed E-state index contributed by atoms with van der Waals surface area (Å²) in [5.74, 6) is 0. The Morgan fingerprint density at radius 2 is 0.852 bits per heavy atom. The predicted molar refractivity (Wildman–Crippen MR) is 109 cm³/mol. The summed E-state index contributed by atoms with van der Waals surface area (Å²) in [7, 11) is 0. The van der Waals surface area contributed by atoms with Crippen molar-refractivity contribution >= 4 is 0 Å². The third kappa shape index (κ3) is 7.32. The van der Waals surface area contributed by atoms with Gasteiger partial charge in [0.05, 0.1) is 22.8 Å². The summed E-state index contributed by atoms with van der Waals surface area (Å²) in [6.45, 7) is 9.23. The first-order valence-corrected chi connectivity index (χ1v) is 9.88. The smallest absolute Gasteiger partial charge is 0.0890 e. The number of nitrogens with one attached hydrogen (secondary N) is 5. The number of hydrogen-bond donors (Lipinski definition) is 5. The standard InChI is InChI=1S/C20H31N7/c1-3-17-15-24-13-11-22-9-7-21-8-10-23-12-14-25-16-18-4-2-6-20(27-18)19(5-1)26-17/h1-6,21-25H,7-16H2. The zero-order valence-corrected chi connectivity index (χ0v) is 15.9. The highest BCUT2D eigenvalue weighted by Gasteiger charge is 2.04. The van der Waals surface area contributed by atoms with Crippen molar-refractivity contribution in [2.75, 3.05) is 52.4 Å². The molecule has 1 aliphatic rings. The number of rotatable bonds is 0. The van der Waals surface area contributed by atoms with Gasteiger partial charge in [-0.1, -0.05) is 12.1 Å². The van der Waals surface area contributed by atoms with E-state index in [4.69, 9.17) is 9.97 Å². The Labute approximate surface area is 161 Å². The molecule has 3 heterocycles. The van der Waals surface area contributed by atoms with Gasteiger partial charge in [-0.15, -0.1) is 0 Å². The molecule has 0 atom stereocenters. The molecule has 0 unspecified atom stereocenters. The monoisotopic (exact) mass is 369 g/mol. The lowest BCUT2D eigenvalue weighted by Gasteiger charge is -2.09. The van der Waals surface area contributed by atoms with Crippen molar-refractivity contribution in [1.29, 1.82) is 0 Å². The van der Waals surface area contributed by atoms with Crippen LogP contribution in [0.1, 0.15) is 11.4 Å². The summed E-state index contributed by atoms with van der Waals surface area (Å²) < 4.78 is 0. The van der Waals surface area contributed by atoms with Gasteiger partial charge in [0.2, 0.25) is 0 Å². The van der Waals surface area contributed by atoms with Crippen molar-refractivity contribution in [2.24, 2.45) is 0 Å². The maximum absolute atomic E-state index is 4.76. The minimum absolute atomic E-state index is 0.765. The molecule has 0 aromatic carbocycles. The van der Waals surface area contributed by atoms with E-state index >= 15 is 0 Å². The molecule has 0 saturated heterocycles. The van der Waals surface area contributed by atoms with Crippen LogP contribution in [0.3, 0.4) is 0 Å². The highest BCUT2D eigenvalue weighted by atomic mass is 15.0. The van der Waals surface area contributed by atoms with Gasteiger partial charge in [-0.3, -0.25) is 0 Å². The van der Waals surface area contributed by atoms with E-state index in [1.165, 1.54) is 0 Å². The summed E-state index contributed by atoms with van der Waals surface area (Å²) in [5, 5.41) is 17.2. The molecule has 0 fully saturated rings. The first-order chi connectivity index (χ1) is 13.4. The molecule has 7 nitrogen and oxygen atoms in total. The Morgan fingerprint density at radius 1 is 0.481 bits per heavy atom. The fourth-order valence-electron chi connectivity index (χ4n) is 2.96. The first kappa shape index (κ1) is 19.9. The van der Waals surface area contributed by atoms with Crippen LogP contribution in [0.5, 0.6) is 0 Å². The van der Waals surface area contributed by atoms with Gasteiger partial charge >= 0.3 is 0 Å². The van der Waals surface area contributed by atoms with Crippen LogP contribution in [0, 0.1) is 0 Å². The molecule has 146 valence electrons. The first-order valence-electron chi connectivity index (χ1n) is 9.88. The maximum atomic E-state index is 4.76. The van der Waals surface area contributed by atoms with Gasteiger partial charge in [-0.25, -0.2) is 9.97 Å². The largest absolute Gasteiger partial charge is 0.314 e. The molecule has 7 heteroatoms. The van der Waals surface area contributed by atoms with Crippen LogP contribution in [-0.2, 0) is 13.1 Å². The number of aromatic nitrogens is 2. The van der Waals surface area contributed by atoms with Crippen molar-refractivity contribution in [3.8, 4) is 11.4 Å². The van der Waals surface area contributed by atoms with Gasteiger partial charge in [0.1, 0.15) is 0 Å². The highest BCUT2D eigenvalue weighted by Crippen LogP contribution is 2.15. The van der Waals surface area contributed by atoms with Crippen LogP contribution < -0.4 is 26.6 Å². The van der Waals surface area contributed by atoms with E-state index in [1.807, 2.05) is 12.1 Å². The zero-order chi connectivity index (χ0) is 18.6. The molecule has 27 heavy (non-hydrogen) atoms. The molecular formula is C20H31N7. The normalized spacial score (nSPS) is 18.4. The van der Waals surface area contributed by atoms with Crippen LogP contribution in [-0.4, -0.2) is 62.3 Å².